The molecular weight excluding hydrogens is 392 g/mol. The number of hydrogen-bond acceptors (Lipinski definition) is 5. The van der Waals surface area contributed by atoms with E-state index in [1.165, 1.54) is 5.56 Å². The molecule has 1 aromatic heterocycles. The third-order valence-electron chi connectivity index (χ3n) is 5.47. The monoisotopic (exact) mass is 422 g/mol. The number of carbonyl (C=O) groups excluding carboxylic acids is 3. The van der Waals surface area contributed by atoms with E-state index in [1.807, 2.05) is 29.2 Å². The van der Waals surface area contributed by atoms with E-state index >= 15 is 0 Å². The van der Waals surface area contributed by atoms with Gasteiger partial charge in [-0.15, -0.1) is 0 Å². The van der Waals surface area contributed by atoms with Gasteiger partial charge in [0, 0.05) is 50.8 Å². The predicted molar refractivity (Wildman–Crippen MR) is 120 cm³/mol. The first-order valence-corrected chi connectivity index (χ1v) is 10.7. The summed E-state index contributed by atoms with van der Waals surface area (Å²) in [5.74, 6) is 0.568. The maximum absolute atomic E-state index is 12.6. The summed E-state index contributed by atoms with van der Waals surface area (Å²) in [5.41, 5.74) is 7.69. The summed E-state index contributed by atoms with van der Waals surface area (Å²) in [6.45, 7) is 6.50. The number of nitrogens with zero attached hydrogens (tertiary/aromatic N) is 3. The average Bonchev–Trinajstić information content (AvgIpc) is 2.77. The van der Waals surface area contributed by atoms with Crippen molar-refractivity contribution in [2.75, 3.05) is 31.1 Å². The minimum Gasteiger partial charge on any atom is -0.365 e. The smallest absolute Gasteiger partial charge is 0.252 e. The first-order valence-electron chi connectivity index (χ1n) is 10.7. The lowest BCUT2D eigenvalue weighted by Gasteiger charge is -2.36. The van der Waals surface area contributed by atoms with Gasteiger partial charge in [-0.3, -0.25) is 14.4 Å². The summed E-state index contributed by atoms with van der Waals surface area (Å²) in [7, 11) is 0. The highest BCUT2D eigenvalue weighted by Crippen LogP contribution is 2.19. The van der Waals surface area contributed by atoms with Gasteiger partial charge in [-0.1, -0.05) is 38.1 Å². The Bertz CT molecular complexity index is 932. The molecule has 164 valence electrons. The first kappa shape index (κ1) is 22.5. The second-order valence-electron chi connectivity index (χ2n) is 8.32. The Balaban J connectivity index is 1.49. The van der Waals surface area contributed by atoms with Gasteiger partial charge in [0.05, 0.1) is 5.56 Å². The molecule has 0 aliphatic carbocycles. The molecule has 2 aromatic rings. The van der Waals surface area contributed by atoms with Gasteiger partial charge in [-0.05, 0) is 30.0 Å². The number of primary amides is 1. The molecule has 1 aromatic carbocycles. The van der Waals surface area contributed by atoms with Crippen molar-refractivity contribution in [3.8, 4) is 0 Å². The quantitative estimate of drug-likeness (QED) is 0.660. The number of carbonyl (C=O) groups is 3. The number of piperazine rings is 1. The Labute approximate surface area is 183 Å². The highest BCUT2D eigenvalue weighted by Gasteiger charge is 2.24. The van der Waals surface area contributed by atoms with Gasteiger partial charge in [0.2, 0.25) is 5.91 Å². The molecule has 1 saturated heterocycles. The van der Waals surface area contributed by atoms with E-state index < -0.39 is 5.91 Å². The zero-order valence-corrected chi connectivity index (χ0v) is 18.2. The summed E-state index contributed by atoms with van der Waals surface area (Å²) in [4.78, 5) is 44.7. The third-order valence-corrected chi connectivity index (χ3v) is 5.47. The second kappa shape index (κ2) is 10.2. The molecule has 0 bridgehead atoms. The van der Waals surface area contributed by atoms with Gasteiger partial charge in [-0.2, -0.15) is 0 Å². The molecule has 0 saturated carbocycles. The molecule has 0 spiro atoms. The second-order valence-corrected chi connectivity index (χ2v) is 8.32. The lowest BCUT2D eigenvalue weighted by molar-refractivity contribution is -0.131. The Hall–Kier alpha value is -3.22. The van der Waals surface area contributed by atoms with Crippen LogP contribution in [-0.4, -0.2) is 53.7 Å². The minimum absolute atomic E-state index is 0.0114. The third kappa shape index (κ3) is 5.90. The van der Waals surface area contributed by atoms with Gasteiger partial charge in [-0.25, -0.2) is 4.98 Å². The molecule has 1 aliphatic rings. The summed E-state index contributed by atoms with van der Waals surface area (Å²) in [5, 5.41) is 0. The number of rotatable bonds is 8. The topological polar surface area (TPSA) is 96.6 Å². The van der Waals surface area contributed by atoms with Crippen LogP contribution in [0.25, 0.3) is 0 Å². The molecule has 7 heteroatoms. The molecule has 0 radical (unpaired) electrons. The van der Waals surface area contributed by atoms with Crippen LogP contribution in [0.2, 0.25) is 0 Å². The molecule has 31 heavy (non-hydrogen) atoms. The van der Waals surface area contributed by atoms with Gasteiger partial charge < -0.3 is 15.5 Å². The van der Waals surface area contributed by atoms with Crippen LogP contribution in [0, 0.1) is 5.92 Å². The van der Waals surface area contributed by atoms with Crippen molar-refractivity contribution in [2.24, 2.45) is 11.7 Å². The molecule has 2 amide bonds. The fraction of sp³-hybridized carbons (Fsp3) is 0.417. The van der Waals surface area contributed by atoms with Crippen LogP contribution in [0.4, 0.5) is 5.82 Å². The molecular formula is C24H30N4O3. The number of benzene rings is 1. The molecule has 2 heterocycles. The number of ketones is 1. The van der Waals surface area contributed by atoms with Crippen LogP contribution < -0.4 is 10.6 Å². The number of amides is 2. The van der Waals surface area contributed by atoms with Crippen molar-refractivity contribution < 1.29 is 14.4 Å². The van der Waals surface area contributed by atoms with E-state index in [-0.39, 0.29) is 24.5 Å². The van der Waals surface area contributed by atoms with Crippen molar-refractivity contribution in [2.45, 2.75) is 33.1 Å². The van der Waals surface area contributed by atoms with Gasteiger partial charge >= 0.3 is 0 Å². The minimum atomic E-state index is -0.516. The largest absolute Gasteiger partial charge is 0.365 e. The van der Waals surface area contributed by atoms with Crippen LogP contribution >= 0.6 is 0 Å². The van der Waals surface area contributed by atoms with Crippen molar-refractivity contribution in [3.05, 3.63) is 59.3 Å². The lowest BCUT2D eigenvalue weighted by Crippen LogP contribution is -2.49. The van der Waals surface area contributed by atoms with E-state index in [1.54, 1.807) is 23.2 Å². The fourth-order valence-electron chi connectivity index (χ4n) is 3.83. The van der Waals surface area contributed by atoms with Crippen LogP contribution in [0.5, 0.6) is 0 Å². The lowest BCUT2D eigenvalue weighted by atomic mass is 9.99. The van der Waals surface area contributed by atoms with E-state index in [4.69, 9.17) is 5.73 Å². The number of anilines is 1. The number of pyridine rings is 1. The molecule has 0 atom stereocenters. The molecule has 2 N–H and O–H groups in total. The Morgan fingerprint density at radius 3 is 2.29 bits per heavy atom. The maximum atomic E-state index is 12.6. The average molecular weight is 423 g/mol. The summed E-state index contributed by atoms with van der Waals surface area (Å²) in [6, 6.07) is 11.0. The fourth-order valence-corrected chi connectivity index (χ4v) is 3.83. The van der Waals surface area contributed by atoms with Gasteiger partial charge in [0.1, 0.15) is 5.82 Å². The Morgan fingerprint density at radius 1 is 1.00 bits per heavy atom. The molecule has 1 aliphatic heterocycles. The van der Waals surface area contributed by atoms with Crippen LogP contribution in [0.3, 0.4) is 0 Å². The number of nitrogens with two attached hydrogens (primary N) is 1. The normalized spacial score (nSPS) is 14.0. The number of Topliss-reactive ketones (excluding diaryl/α,β-unsaturated/α-hetero) is 1. The van der Waals surface area contributed by atoms with Crippen molar-refractivity contribution in [3.63, 3.8) is 0 Å². The molecule has 7 nitrogen and oxygen atoms in total. The molecule has 1 fully saturated rings. The Morgan fingerprint density at radius 2 is 1.68 bits per heavy atom. The van der Waals surface area contributed by atoms with Crippen LogP contribution in [0.1, 0.15) is 53.0 Å². The molecule has 3 rings (SSSR count). The van der Waals surface area contributed by atoms with Crippen molar-refractivity contribution in [1.29, 1.82) is 0 Å². The summed E-state index contributed by atoms with van der Waals surface area (Å²) >= 11 is 0. The van der Waals surface area contributed by atoms with E-state index in [0.29, 0.717) is 49.0 Å². The van der Waals surface area contributed by atoms with E-state index in [9.17, 15) is 14.4 Å². The zero-order valence-electron chi connectivity index (χ0n) is 18.2. The van der Waals surface area contributed by atoms with E-state index in [2.05, 4.69) is 18.8 Å². The summed E-state index contributed by atoms with van der Waals surface area (Å²) in [6.07, 6.45) is 3.01. The van der Waals surface area contributed by atoms with Gasteiger partial charge in [0.15, 0.2) is 5.78 Å². The highest BCUT2D eigenvalue weighted by molar-refractivity contribution is 5.98. The number of aromatic nitrogens is 1. The SMILES string of the molecule is CC(C)Cc1ccc(C(=O)CCC(=O)N2CCN(c3ncccc3C(N)=O)CC2)cc1. The first-order chi connectivity index (χ1) is 14.8. The summed E-state index contributed by atoms with van der Waals surface area (Å²) < 4.78 is 0. The van der Waals surface area contributed by atoms with Crippen molar-refractivity contribution in [1.82, 2.24) is 9.88 Å². The molecule has 0 unspecified atom stereocenters. The van der Waals surface area contributed by atoms with Gasteiger partial charge in [0.25, 0.3) is 5.91 Å². The standard InChI is InChI=1S/C24H30N4O3/c1-17(2)16-18-5-7-19(8-6-18)21(29)9-10-22(30)27-12-14-28(15-13-27)24-20(23(25)31)4-3-11-26-24/h3-8,11,17H,9-10,12-16H2,1-2H3,(H2,25,31). The Kier molecular flexibility index (Phi) is 7.39. The van der Waals surface area contributed by atoms with Crippen molar-refractivity contribution >= 4 is 23.4 Å². The highest BCUT2D eigenvalue weighted by atomic mass is 16.2. The van der Waals surface area contributed by atoms with E-state index in [0.717, 1.165) is 6.42 Å². The maximum Gasteiger partial charge on any atom is 0.252 e. The zero-order chi connectivity index (χ0) is 22.4. The van der Waals surface area contributed by atoms with Crippen LogP contribution in [-0.2, 0) is 11.2 Å². The predicted octanol–water partition coefficient (Wildman–Crippen LogP) is 2.69. The number of hydrogen-bond donors (Lipinski definition) is 1. The van der Waals surface area contributed by atoms with Crippen LogP contribution in [0.15, 0.2) is 42.6 Å².